The molecule has 15 heavy (non-hydrogen) atoms. The summed E-state index contributed by atoms with van der Waals surface area (Å²) in [6.07, 6.45) is -0.0423. The van der Waals surface area contributed by atoms with Crippen molar-refractivity contribution >= 4 is 23.2 Å². The first-order valence-corrected chi connectivity index (χ1v) is 5.58. The van der Waals surface area contributed by atoms with Gasteiger partial charge in [0.2, 0.25) is 0 Å². The van der Waals surface area contributed by atoms with Gasteiger partial charge in [-0.15, -0.1) is 0 Å². The smallest absolute Gasteiger partial charge is 0.0814 e. The first-order chi connectivity index (χ1) is 7.13. The summed E-state index contributed by atoms with van der Waals surface area (Å²) in [5.74, 6) is 0. The Labute approximate surface area is 99.8 Å². The first kappa shape index (κ1) is 12.8. The summed E-state index contributed by atoms with van der Waals surface area (Å²) >= 11 is 11.7. The molecule has 0 heterocycles. The Kier molecular flexibility index (Phi) is 5.40. The molecule has 1 unspecified atom stereocenters. The van der Waals surface area contributed by atoms with Gasteiger partial charge in [-0.1, -0.05) is 29.3 Å². The average molecular weight is 249 g/mol. The Hall–Kier alpha value is -0.280. The van der Waals surface area contributed by atoms with Gasteiger partial charge < -0.3 is 9.84 Å². The van der Waals surface area contributed by atoms with E-state index in [1.54, 1.807) is 12.1 Å². The molecule has 4 heteroatoms. The van der Waals surface area contributed by atoms with Crippen LogP contribution in [0.2, 0.25) is 10.0 Å². The molecule has 84 valence electrons. The molecule has 0 radical (unpaired) electrons. The van der Waals surface area contributed by atoms with Crippen LogP contribution in [0.1, 0.15) is 12.5 Å². The van der Waals surface area contributed by atoms with Crippen molar-refractivity contribution in [2.24, 2.45) is 0 Å². The van der Waals surface area contributed by atoms with Crippen LogP contribution in [0, 0.1) is 0 Å². The Balaban J connectivity index is 2.56. The summed E-state index contributed by atoms with van der Waals surface area (Å²) in [6, 6.07) is 5.25. The van der Waals surface area contributed by atoms with E-state index in [9.17, 15) is 5.11 Å². The third-order valence-corrected chi connectivity index (χ3v) is 2.57. The largest absolute Gasteiger partial charge is 0.390 e. The Morgan fingerprint density at radius 3 is 2.73 bits per heavy atom. The molecular formula is C11H14Cl2O2. The van der Waals surface area contributed by atoms with E-state index in [0.717, 1.165) is 5.56 Å². The fourth-order valence-corrected chi connectivity index (χ4v) is 1.74. The highest BCUT2D eigenvalue weighted by molar-refractivity contribution is 6.35. The summed E-state index contributed by atoms with van der Waals surface area (Å²) < 4.78 is 5.11. The van der Waals surface area contributed by atoms with Crippen LogP contribution in [0.25, 0.3) is 0 Å². The number of hydrogen-bond donors (Lipinski definition) is 1. The standard InChI is InChI=1S/C11H14Cl2O2/c1-2-15-7-10(14)5-8-3-4-9(12)6-11(8)13/h3-4,6,10,14H,2,5,7H2,1H3. The van der Waals surface area contributed by atoms with E-state index in [2.05, 4.69) is 0 Å². The van der Waals surface area contributed by atoms with Gasteiger partial charge in [0, 0.05) is 23.1 Å². The Bertz CT molecular complexity index is 315. The van der Waals surface area contributed by atoms with Crippen molar-refractivity contribution < 1.29 is 9.84 Å². The van der Waals surface area contributed by atoms with Crippen molar-refractivity contribution in [3.8, 4) is 0 Å². The molecule has 0 aliphatic carbocycles. The molecule has 0 aromatic heterocycles. The van der Waals surface area contributed by atoms with E-state index in [0.29, 0.717) is 29.7 Å². The normalized spacial score (nSPS) is 12.8. The molecule has 0 saturated heterocycles. The highest BCUT2D eigenvalue weighted by Crippen LogP contribution is 2.22. The lowest BCUT2D eigenvalue weighted by Gasteiger charge is -2.11. The van der Waals surface area contributed by atoms with Crippen LogP contribution in [0.4, 0.5) is 0 Å². The summed E-state index contributed by atoms with van der Waals surface area (Å²) in [5.41, 5.74) is 0.883. The van der Waals surface area contributed by atoms with Gasteiger partial charge in [0.15, 0.2) is 0 Å². The minimum Gasteiger partial charge on any atom is -0.390 e. The van der Waals surface area contributed by atoms with E-state index in [1.807, 2.05) is 13.0 Å². The molecule has 0 aliphatic rings. The number of ether oxygens (including phenoxy) is 1. The second-order valence-electron chi connectivity index (χ2n) is 3.25. The SMILES string of the molecule is CCOCC(O)Cc1ccc(Cl)cc1Cl. The summed E-state index contributed by atoms with van der Waals surface area (Å²) in [5, 5.41) is 10.8. The van der Waals surface area contributed by atoms with Crippen LogP contribution < -0.4 is 0 Å². The van der Waals surface area contributed by atoms with E-state index >= 15 is 0 Å². The quantitative estimate of drug-likeness (QED) is 0.869. The van der Waals surface area contributed by atoms with Crippen molar-refractivity contribution in [3.63, 3.8) is 0 Å². The van der Waals surface area contributed by atoms with Crippen LogP contribution in [-0.2, 0) is 11.2 Å². The van der Waals surface area contributed by atoms with Crippen LogP contribution >= 0.6 is 23.2 Å². The van der Waals surface area contributed by atoms with Gasteiger partial charge in [0.25, 0.3) is 0 Å². The maximum Gasteiger partial charge on any atom is 0.0814 e. The van der Waals surface area contributed by atoms with Crippen LogP contribution in [0.5, 0.6) is 0 Å². The van der Waals surface area contributed by atoms with E-state index < -0.39 is 6.10 Å². The van der Waals surface area contributed by atoms with Gasteiger partial charge in [-0.3, -0.25) is 0 Å². The zero-order chi connectivity index (χ0) is 11.3. The number of aliphatic hydroxyl groups is 1. The topological polar surface area (TPSA) is 29.5 Å². The number of hydrogen-bond acceptors (Lipinski definition) is 2. The first-order valence-electron chi connectivity index (χ1n) is 4.83. The van der Waals surface area contributed by atoms with E-state index in [1.165, 1.54) is 0 Å². The maximum atomic E-state index is 9.61. The predicted octanol–water partition coefficient (Wildman–Crippen LogP) is 2.93. The molecule has 0 fully saturated rings. The number of halogens is 2. The lowest BCUT2D eigenvalue weighted by atomic mass is 10.1. The van der Waals surface area contributed by atoms with Crippen LogP contribution in [0.3, 0.4) is 0 Å². The number of rotatable bonds is 5. The number of benzene rings is 1. The van der Waals surface area contributed by atoms with Crippen molar-refractivity contribution in [2.75, 3.05) is 13.2 Å². The summed E-state index contributed by atoms with van der Waals surface area (Å²) in [6.45, 7) is 2.82. The highest BCUT2D eigenvalue weighted by atomic mass is 35.5. The molecule has 1 rings (SSSR count). The molecule has 1 aromatic carbocycles. The van der Waals surface area contributed by atoms with Gasteiger partial charge >= 0.3 is 0 Å². The molecule has 0 bridgehead atoms. The highest BCUT2D eigenvalue weighted by Gasteiger charge is 2.08. The van der Waals surface area contributed by atoms with Gasteiger partial charge in [-0.05, 0) is 24.6 Å². The minimum absolute atomic E-state index is 0.329. The van der Waals surface area contributed by atoms with Crippen molar-refractivity contribution in [3.05, 3.63) is 33.8 Å². The third-order valence-electron chi connectivity index (χ3n) is 1.99. The average Bonchev–Trinajstić information content (AvgIpc) is 2.19. The fraction of sp³-hybridized carbons (Fsp3) is 0.455. The molecule has 1 N–H and O–H groups in total. The molecule has 2 nitrogen and oxygen atoms in total. The van der Waals surface area contributed by atoms with Gasteiger partial charge in [0.05, 0.1) is 12.7 Å². The van der Waals surface area contributed by atoms with Gasteiger partial charge in [-0.2, -0.15) is 0 Å². The van der Waals surface area contributed by atoms with Gasteiger partial charge in [-0.25, -0.2) is 0 Å². The van der Waals surface area contributed by atoms with Crippen LogP contribution in [0.15, 0.2) is 18.2 Å². The van der Waals surface area contributed by atoms with Crippen molar-refractivity contribution in [2.45, 2.75) is 19.4 Å². The Morgan fingerprint density at radius 2 is 2.13 bits per heavy atom. The molecule has 0 aliphatic heterocycles. The summed E-state index contributed by atoms with van der Waals surface area (Å²) in [7, 11) is 0. The molecule has 0 saturated carbocycles. The molecule has 0 spiro atoms. The monoisotopic (exact) mass is 248 g/mol. The zero-order valence-corrected chi connectivity index (χ0v) is 10.1. The molecular weight excluding hydrogens is 235 g/mol. The molecule has 0 amide bonds. The Morgan fingerprint density at radius 1 is 1.40 bits per heavy atom. The third kappa shape index (κ3) is 4.39. The van der Waals surface area contributed by atoms with Crippen molar-refractivity contribution in [1.82, 2.24) is 0 Å². The second-order valence-corrected chi connectivity index (χ2v) is 4.10. The van der Waals surface area contributed by atoms with Gasteiger partial charge in [0.1, 0.15) is 0 Å². The summed E-state index contributed by atoms with van der Waals surface area (Å²) in [4.78, 5) is 0. The fourth-order valence-electron chi connectivity index (χ4n) is 1.25. The minimum atomic E-state index is -0.524. The number of aliphatic hydroxyl groups excluding tert-OH is 1. The lowest BCUT2D eigenvalue weighted by molar-refractivity contribution is 0.0430. The van der Waals surface area contributed by atoms with Crippen LogP contribution in [-0.4, -0.2) is 24.4 Å². The van der Waals surface area contributed by atoms with Crippen molar-refractivity contribution in [1.29, 1.82) is 0 Å². The van der Waals surface area contributed by atoms with E-state index in [-0.39, 0.29) is 0 Å². The lowest BCUT2D eigenvalue weighted by Crippen LogP contribution is -2.18. The predicted molar refractivity (Wildman–Crippen MR) is 62.7 cm³/mol. The zero-order valence-electron chi connectivity index (χ0n) is 8.54. The maximum absolute atomic E-state index is 9.61. The molecule has 1 aromatic rings. The van der Waals surface area contributed by atoms with E-state index in [4.69, 9.17) is 27.9 Å². The molecule has 1 atom stereocenters. The second kappa shape index (κ2) is 6.33.